The summed E-state index contributed by atoms with van der Waals surface area (Å²) in [6, 6.07) is 0. The minimum atomic E-state index is -0.0979. The van der Waals surface area contributed by atoms with E-state index in [1.54, 1.807) is 0 Å². The molecule has 1 aliphatic heterocycles. The summed E-state index contributed by atoms with van der Waals surface area (Å²) in [7, 11) is 0. The molecule has 2 heteroatoms. The summed E-state index contributed by atoms with van der Waals surface area (Å²) in [5.74, 6) is 0.936. The van der Waals surface area contributed by atoms with Crippen molar-refractivity contribution in [2.24, 2.45) is 16.7 Å². The van der Waals surface area contributed by atoms with Gasteiger partial charge in [0.25, 0.3) is 0 Å². The van der Waals surface area contributed by atoms with Crippen molar-refractivity contribution < 1.29 is 4.79 Å². The molecular formula is C16H25NO. The highest BCUT2D eigenvalue weighted by Crippen LogP contribution is 2.65. The second kappa shape index (κ2) is 3.85. The zero-order valence-corrected chi connectivity index (χ0v) is 12.0. The van der Waals surface area contributed by atoms with Crippen LogP contribution in [0.2, 0.25) is 0 Å². The molecule has 100 valence electrons. The molecule has 2 aliphatic carbocycles. The minimum Gasteiger partial charge on any atom is -0.377 e. The maximum Gasteiger partial charge on any atom is 0.167 e. The maximum absolute atomic E-state index is 12.7. The zero-order valence-electron chi connectivity index (χ0n) is 12.0. The SMILES string of the molecule is CC1(C)[C@H]2CC[C@]1(C)C(=O)C2=CN1CCCCC1. The van der Waals surface area contributed by atoms with Crippen molar-refractivity contribution in [2.75, 3.05) is 13.1 Å². The monoisotopic (exact) mass is 247 g/mol. The van der Waals surface area contributed by atoms with E-state index < -0.39 is 0 Å². The Balaban J connectivity index is 1.90. The van der Waals surface area contributed by atoms with Crippen LogP contribution < -0.4 is 0 Å². The molecule has 0 radical (unpaired) electrons. The van der Waals surface area contributed by atoms with Gasteiger partial charge in [-0.3, -0.25) is 4.79 Å². The van der Waals surface area contributed by atoms with Crippen LogP contribution in [0.15, 0.2) is 11.8 Å². The number of fused-ring (bicyclic) bond motifs is 2. The van der Waals surface area contributed by atoms with Gasteiger partial charge in [-0.15, -0.1) is 0 Å². The Kier molecular flexibility index (Phi) is 2.62. The maximum atomic E-state index is 12.7. The van der Waals surface area contributed by atoms with Crippen LogP contribution in [0.4, 0.5) is 0 Å². The van der Waals surface area contributed by atoms with E-state index in [0.717, 1.165) is 25.1 Å². The molecule has 3 rings (SSSR count). The Morgan fingerprint density at radius 2 is 1.83 bits per heavy atom. The van der Waals surface area contributed by atoms with Gasteiger partial charge in [0, 0.05) is 30.3 Å². The first-order valence-corrected chi connectivity index (χ1v) is 7.47. The van der Waals surface area contributed by atoms with Crippen molar-refractivity contribution >= 4 is 5.78 Å². The third-order valence-electron chi connectivity index (χ3n) is 6.08. The first-order chi connectivity index (χ1) is 8.47. The van der Waals surface area contributed by atoms with E-state index in [1.807, 2.05) is 0 Å². The normalized spacial score (nSPS) is 40.8. The number of allylic oxidation sites excluding steroid dienone is 1. The molecule has 0 aromatic heterocycles. The third kappa shape index (κ3) is 1.44. The van der Waals surface area contributed by atoms with Gasteiger partial charge in [-0.1, -0.05) is 20.8 Å². The lowest BCUT2D eigenvalue weighted by Gasteiger charge is -2.31. The van der Waals surface area contributed by atoms with Gasteiger partial charge in [-0.25, -0.2) is 0 Å². The highest BCUT2D eigenvalue weighted by atomic mass is 16.1. The molecule has 3 aliphatic rings. The highest BCUT2D eigenvalue weighted by Gasteiger charge is 2.64. The predicted octanol–water partition coefficient (Wildman–Crippen LogP) is 3.38. The van der Waals surface area contributed by atoms with Gasteiger partial charge < -0.3 is 4.90 Å². The standard InChI is InChI=1S/C16H25NO/c1-15(2)13-7-8-16(15,3)14(18)12(13)11-17-9-5-4-6-10-17/h11,13H,4-10H2,1-3H3/t13-,16+/m0/s1. The molecule has 0 aromatic rings. The summed E-state index contributed by atoms with van der Waals surface area (Å²) in [5, 5.41) is 0. The van der Waals surface area contributed by atoms with E-state index >= 15 is 0 Å². The van der Waals surface area contributed by atoms with Crippen LogP contribution in [0, 0.1) is 16.7 Å². The molecule has 0 N–H and O–H groups in total. The summed E-state index contributed by atoms with van der Waals surface area (Å²) < 4.78 is 0. The molecular weight excluding hydrogens is 222 g/mol. The Bertz CT molecular complexity index is 403. The van der Waals surface area contributed by atoms with Crippen molar-refractivity contribution in [1.29, 1.82) is 0 Å². The average molecular weight is 247 g/mol. The van der Waals surface area contributed by atoms with Gasteiger partial charge in [-0.2, -0.15) is 0 Å². The molecule has 1 saturated heterocycles. The van der Waals surface area contributed by atoms with Crippen LogP contribution in [-0.2, 0) is 4.79 Å². The molecule has 2 nitrogen and oxygen atoms in total. The molecule has 0 unspecified atom stereocenters. The fourth-order valence-corrected chi connectivity index (χ4v) is 4.32. The molecule has 2 bridgehead atoms. The summed E-state index contributed by atoms with van der Waals surface area (Å²) in [5.41, 5.74) is 1.20. The summed E-state index contributed by atoms with van der Waals surface area (Å²) in [6.07, 6.45) is 8.42. The number of likely N-dealkylation sites (tertiary alicyclic amines) is 1. The first-order valence-electron chi connectivity index (χ1n) is 7.47. The lowest BCUT2D eigenvalue weighted by Crippen LogP contribution is -2.32. The fraction of sp³-hybridized carbons (Fsp3) is 0.812. The topological polar surface area (TPSA) is 20.3 Å². The number of hydrogen-bond acceptors (Lipinski definition) is 2. The smallest absolute Gasteiger partial charge is 0.167 e. The number of carbonyl (C=O) groups is 1. The number of ketones is 1. The van der Waals surface area contributed by atoms with Gasteiger partial charge in [0.05, 0.1) is 0 Å². The fourth-order valence-electron chi connectivity index (χ4n) is 4.32. The minimum absolute atomic E-state index is 0.0979. The lowest BCUT2D eigenvalue weighted by molar-refractivity contribution is -0.125. The van der Waals surface area contributed by atoms with Crippen molar-refractivity contribution in [3.63, 3.8) is 0 Å². The van der Waals surface area contributed by atoms with E-state index in [9.17, 15) is 4.79 Å². The van der Waals surface area contributed by atoms with Crippen LogP contribution in [0.5, 0.6) is 0 Å². The highest BCUT2D eigenvalue weighted by molar-refractivity contribution is 6.04. The number of Topliss-reactive ketones (excluding diaryl/α,β-unsaturated/α-hetero) is 1. The van der Waals surface area contributed by atoms with Crippen LogP contribution in [0.1, 0.15) is 52.9 Å². The van der Waals surface area contributed by atoms with Gasteiger partial charge in [0.15, 0.2) is 5.78 Å². The van der Waals surface area contributed by atoms with E-state index in [0.29, 0.717) is 11.7 Å². The third-order valence-corrected chi connectivity index (χ3v) is 6.08. The molecule has 3 fully saturated rings. The molecule has 2 atom stereocenters. The van der Waals surface area contributed by atoms with Crippen LogP contribution in [0.3, 0.4) is 0 Å². The number of rotatable bonds is 1. The van der Waals surface area contributed by atoms with Crippen LogP contribution in [-0.4, -0.2) is 23.8 Å². The molecule has 0 amide bonds. The largest absolute Gasteiger partial charge is 0.377 e. The summed E-state index contributed by atoms with van der Waals surface area (Å²) in [6.45, 7) is 9.05. The van der Waals surface area contributed by atoms with Gasteiger partial charge >= 0.3 is 0 Å². The summed E-state index contributed by atoms with van der Waals surface area (Å²) in [4.78, 5) is 15.1. The van der Waals surface area contributed by atoms with Gasteiger partial charge in [-0.05, 0) is 43.4 Å². The van der Waals surface area contributed by atoms with E-state index in [4.69, 9.17) is 0 Å². The van der Waals surface area contributed by atoms with Crippen LogP contribution in [0.25, 0.3) is 0 Å². The Morgan fingerprint density at radius 1 is 1.17 bits per heavy atom. The first kappa shape index (κ1) is 12.3. The second-order valence-electron chi connectivity index (χ2n) is 7.16. The van der Waals surface area contributed by atoms with Crippen molar-refractivity contribution in [3.8, 4) is 0 Å². The molecule has 0 aromatic carbocycles. The molecule has 18 heavy (non-hydrogen) atoms. The lowest BCUT2D eigenvalue weighted by atomic mass is 9.70. The number of piperidine rings is 1. The van der Waals surface area contributed by atoms with E-state index in [-0.39, 0.29) is 10.8 Å². The Morgan fingerprint density at radius 3 is 2.39 bits per heavy atom. The Labute approximate surface area is 110 Å². The molecule has 1 heterocycles. The summed E-state index contributed by atoms with van der Waals surface area (Å²) >= 11 is 0. The van der Waals surface area contributed by atoms with Crippen molar-refractivity contribution in [2.45, 2.75) is 52.9 Å². The number of hydrogen-bond donors (Lipinski definition) is 0. The van der Waals surface area contributed by atoms with Crippen LogP contribution >= 0.6 is 0 Å². The molecule has 0 spiro atoms. The van der Waals surface area contributed by atoms with Gasteiger partial charge in [0.1, 0.15) is 0 Å². The number of carbonyl (C=O) groups excluding carboxylic acids is 1. The second-order valence-corrected chi connectivity index (χ2v) is 7.16. The van der Waals surface area contributed by atoms with E-state index in [1.165, 1.54) is 25.7 Å². The zero-order chi connectivity index (χ0) is 13.0. The Hall–Kier alpha value is -0.790. The quantitative estimate of drug-likeness (QED) is 0.662. The molecule has 2 saturated carbocycles. The van der Waals surface area contributed by atoms with Crippen molar-refractivity contribution in [3.05, 3.63) is 11.8 Å². The predicted molar refractivity (Wildman–Crippen MR) is 73.1 cm³/mol. The van der Waals surface area contributed by atoms with Crippen molar-refractivity contribution in [1.82, 2.24) is 4.90 Å². The average Bonchev–Trinajstić information content (AvgIpc) is 2.65. The van der Waals surface area contributed by atoms with E-state index in [2.05, 4.69) is 31.9 Å². The van der Waals surface area contributed by atoms with Gasteiger partial charge in [0.2, 0.25) is 0 Å². The number of nitrogens with zero attached hydrogens (tertiary/aromatic N) is 1.